The van der Waals surface area contributed by atoms with Gasteiger partial charge in [-0.2, -0.15) is 13.2 Å². The molecule has 306 valence electrons. The molecule has 0 radical (unpaired) electrons. The highest BCUT2D eigenvalue weighted by molar-refractivity contribution is 6.11. The lowest BCUT2D eigenvalue weighted by Gasteiger charge is -2.18. The fourth-order valence-electron chi connectivity index (χ4n) is 8.92. The van der Waals surface area contributed by atoms with Crippen LogP contribution in [-0.2, 0) is 6.18 Å². The molecule has 0 amide bonds. The van der Waals surface area contributed by atoms with E-state index in [9.17, 15) is 13.2 Å². The molecule has 0 atom stereocenters. The van der Waals surface area contributed by atoms with Crippen LogP contribution in [0, 0.1) is 27.7 Å². The summed E-state index contributed by atoms with van der Waals surface area (Å²) in [7, 11) is 0. The van der Waals surface area contributed by atoms with Crippen LogP contribution in [0.25, 0.3) is 95.0 Å². The molecule has 0 saturated heterocycles. The van der Waals surface area contributed by atoms with Gasteiger partial charge in [0.15, 0.2) is 17.5 Å². The van der Waals surface area contributed by atoms with E-state index in [1.165, 1.54) is 34.4 Å². The van der Waals surface area contributed by atoms with Crippen LogP contribution in [0.1, 0.15) is 27.8 Å². The van der Waals surface area contributed by atoms with Crippen LogP contribution in [0.15, 0.2) is 176 Å². The van der Waals surface area contributed by atoms with Gasteiger partial charge in [-0.3, -0.25) is 0 Å². The lowest BCUT2D eigenvalue weighted by Crippen LogP contribution is -2.08. The lowest BCUT2D eigenvalue weighted by atomic mass is 9.94. The highest BCUT2D eigenvalue weighted by Gasteiger charge is 2.34. The molecule has 0 spiro atoms. The Hall–Kier alpha value is -7.64. The van der Waals surface area contributed by atoms with Crippen LogP contribution in [0.3, 0.4) is 0 Å². The maximum Gasteiger partial charge on any atom is 0.417 e. The largest absolute Gasteiger partial charge is 0.417 e. The van der Waals surface area contributed by atoms with Gasteiger partial charge < -0.3 is 4.57 Å². The smallest absolute Gasteiger partial charge is 0.309 e. The molecule has 2 heterocycles. The highest BCUT2D eigenvalue weighted by Crippen LogP contribution is 2.43. The van der Waals surface area contributed by atoms with Gasteiger partial charge in [-0.15, -0.1) is 0 Å². The standard InChI is InChI=1S/C56H41F3N4/c1-34-25-35(2)28-42(27-34)40-19-22-47-48-23-20-41(43-29-36(3)26-37(4)30-43)32-52(48)63(51(47)31-40)44-21-24-45(46-17-11-12-18-50(46)56(57,58)59)49(33-44)55-61-53(38-13-7-5-8-14-38)60-54(62-55)39-15-9-6-10-16-39/h5-33H,1-4H3. The second-order valence-electron chi connectivity index (χ2n) is 16.4. The highest BCUT2D eigenvalue weighted by atomic mass is 19.4. The van der Waals surface area contributed by atoms with Crippen molar-refractivity contribution in [3.63, 3.8) is 0 Å². The second kappa shape index (κ2) is 15.7. The summed E-state index contributed by atoms with van der Waals surface area (Å²) in [6, 6.07) is 56.7. The molecular formula is C56H41F3N4. The van der Waals surface area contributed by atoms with Crippen LogP contribution in [-0.4, -0.2) is 19.5 Å². The molecule has 63 heavy (non-hydrogen) atoms. The molecule has 0 aliphatic rings. The molecule has 7 heteroatoms. The summed E-state index contributed by atoms with van der Waals surface area (Å²) in [5, 5.41) is 2.10. The Morgan fingerprint density at radius 3 is 1.32 bits per heavy atom. The van der Waals surface area contributed by atoms with Crippen LogP contribution in [0.5, 0.6) is 0 Å². The first-order valence-electron chi connectivity index (χ1n) is 20.9. The van der Waals surface area contributed by atoms with Crippen molar-refractivity contribution in [3.8, 4) is 73.2 Å². The van der Waals surface area contributed by atoms with Crippen molar-refractivity contribution in [2.24, 2.45) is 0 Å². The van der Waals surface area contributed by atoms with Crippen LogP contribution >= 0.6 is 0 Å². The van der Waals surface area contributed by atoms with Gasteiger partial charge in [-0.05, 0) is 91.4 Å². The molecule has 8 aromatic carbocycles. The van der Waals surface area contributed by atoms with Gasteiger partial charge in [-0.25, -0.2) is 15.0 Å². The predicted octanol–water partition coefficient (Wildman–Crippen LogP) is 15.2. The normalized spacial score (nSPS) is 11.7. The number of hydrogen-bond donors (Lipinski definition) is 0. The van der Waals surface area contributed by atoms with Gasteiger partial charge >= 0.3 is 6.18 Å². The summed E-state index contributed by atoms with van der Waals surface area (Å²) in [6.07, 6.45) is -4.61. The minimum absolute atomic E-state index is 0.0333. The quantitative estimate of drug-likeness (QED) is 0.161. The van der Waals surface area contributed by atoms with Crippen molar-refractivity contribution >= 4 is 21.8 Å². The van der Waals surface area contributed by atoms with E-state index in [1.807, 2.05) is 72.8 Å². The monoisotopic (exact) mass is 826 g/mol. The van der Waals surface area contributed by atoms with Gasteiger partial charge in [-0.1, -0.05) is 168 Å². The minimum Gasteiger partial charge on any atom is -0.309 e. The Balaban J connectivity index is 1.30. The van der Waals surface area contributed by atoms with Crippen LogP contribution in [0.2, 0.25) is 0 Å². The Labute approximate surface area is 364 Å². The van der Waals surface area contributed by atoms with Gasteiger partial charge in [0.05, 0.1) is 16.6 Å². The average molecular weight is 827 g/mol. The zero-order valence-electron chi connectivity index (χ0n) is 35.2. The maximum atomic E-state index is 14.9. The van der Waals surface area contributed by atoms with Crippen LogP contribution in [0.4, 0.5) is 13.2 Å². The van der Waals surface area contributed by atoms with Crippen molar-refractivity contribution in [2.45, 2.75) is 33.9 Å². The third kappa shape index (κ3) is 7.56. The van der Waals surface area contributed by atoms with Crippen molar-refractivity contribution < 1.29 is 13.2 Å². The molecule has 10 aromatic rings. The Morgan fingerprint density at radius 2 is 0.825 bits per heavy atom. The number of halogens is 3. The number of hydrogen-bond acceptors (Lipinski definition) is 3. The molecule has 0 aliphatic heterocycles. The molecule has 0 bridgehead atoms. The number of aromatic nitrogens is 4. The molecule has 2 aromatic heterocycles. The average Bonchev–Trinajstić information content (AvgIpc) is 3.61. The first-order valence-corrected chi connectivity index (χ1v) is 20.9. The number of benzene rings is 8. The first-order chi connectivity index (χ1) is 30.5. The SMILES string of the molecule is Cc1cc(C)cc(-c2ccc3c4ccc(-c5cc(C)cc(C)c5)cc4n(-c4ccc(-c5ccccc5C(F)(F)F)c(-c5nc(-c6ccccc6)nc(-c6ccccc6)n5)c4)c3c2)c1. The van der Waals surface area contributed by atoms with Gasteiger partial charge in [0, 0.05) is 33.2 Å². The van der Waals surface area contributed by atoms with E-state index >= 15 is 0 Å². The summed E-state index contributed by atoms with van der Waals surface area (Å²) >= 11 is 0. The van der Waals surface area contributed by atoms with E-state index in [0.29, 0.717) is 22.8 Å². The molecule has 0 fully saturated rings. The number of fused-ring (bicyclic) bond motifs is 3. The molecular weight excluding hydrogens is 786 g/mol. The fourth-order valence-corrected chi connectivity index (χ4v) is 8.92. The molecule has 0 unspecified atom stereocenters. The van der Waals surface area contributed by atoms with E-state index in [2.05, 4.69) is 105 Å². The third-order valence-electron chi connectivity index (χ3n) is 11.6. The molecule has 0 N–H and O–H groups in total. The fraction of sp³-hybridized carbons (Fsp3) is 0.0893. The Bertz CT molecular complexity index is 3160. The number of aryl methyl sites for hydroxylation is 4. The van der Waals surface area contributed by atoms with Crippen molar-refractivity contribution in [1.29, 1.82) is 0 Å². The maximum absolute atomic E-state index is 14.9. The summed E-state index contributed by atoms with van der Waals surface area (Å²) in [4.78, 5) is 15.0. The zero-order chi connectivity index (χ0) is 43.4. The van der Waals surface area contributed by atoms with Gasteiger partial charge in [0.25, 0.3) is 0 Å². The van der Waals surface area contributed by atoms with Crippen molar-refractivity contribution in [3.05, 3.63) is 204 Å². The Kier molecular flexibility index (Phi) is 9.83. The summed E-state index contributed by atoms with van der Waals surface area (Å²) in [6.45, 7) is 8.42. The minimum atomic E-state index is -4.61. The summed E-state index contributed by atoms with van der Waals surface area (Å²) in [5.74, 6) is 1.07. The van der Waals surface area contributed by atoms with E-state index in [1.54, 1.807) is 12.1 Å². The van der Waals surface area contributed by atoms with E-state index in [4.69, 9.17) is 15.0 Å². The number of nitrogens with zero attached hydrogens (tertiary/aromatic N) is 4. The van der Waals surface area contributed by atoms with Gasteiger partial charge in [0.1, 0.15) is 0 Å². The number of alkyl halides is 3. The topological polar surface area (TPSA) is 43.6 Å². The van der Waals surface area contributed by atoms with E-state index < -0.39 is 11.7 Å². The van der Waals surface area contributed by atoms with E-state index in [0.717, 1.165) is 66.9 Å². The second-order valence-corrected chi connectivity index (χ2v) is 16.4. The first kappa shape index (κ1) is 39.5. The van der Waals surface area contributed by atoms with Crippen molar-refractivity contribution in [1.82, 2.24) is 19.5 Å². The summed E-state index contributed by atoms with van der Waals surface area (Å²) in [5.41, 5.74) is 13.3. The number of rotatable bonds is 7. The molecule has 0 aliphatic carbocycles. The third-order valence-corrected chi connectivity index (χ3v) is 11.6. The molecule has 0 saturated carbocycles. The lowest BCUT2D eigenvalue weighted by molar-refractivity contribution is -0.137. The molecule has 4 nitrogen and oxygen atoms in total. The predicted molar refractivity (Wildman–Crippen MR) is 251 cm³/mol. The summed E-state index contributed by atoms with van der Waals surface area (Å²) < 4.78 is 46.9. The zero-order valence-corrected chi connectivity index (χ0v) is 35.2. The van der Waals surface area contributed by atoms with Crippen molar-refractivity contribution in [2.75, 3.05) is 0 Å². The van der Waals surface area contributed by atoms with Crippen LogP contribution < -0.4 is 0 Å². The van der Waals surface area contributed by atoms with Gasteiger partial charge in [0.2, 0.25) is 0 Å². The Morgan fingerprint density at radius 1 is 0.365 bits per heavy atom. The molecule has 10 rings (SSSR count). The van der Waals surface area contributed by atoms with E-state index in [-0.39, 0.29) is 11.4 Å².